The van der Waals surface area contributed by atoms with Gasteiger partial charge >= 0.3 is 0 Å². The normalized spacial score (nSPS) is 18.2. The molecule has 2 aromatic carbocycles. The van der Waals surface area contributed by atoms with Crippen molar-refractivity contribution in [1.82, 2.24) is 0 Å². The first-order chi connectivity index (χ1) is 13.4. The Morgan fingerprint density at radius 1 is 1.11 bits per heavy atom. The van der Waals surface area contributed by atoms with Gasteiger partial charge in [-0.15, -0.1) is 0 Å². The molecule has 0 saturated carbocycles. The van der Waals surface area contributed by atoms with Gasteiger partial charge < -0.3 is 4.90 Å². The van der Waals surface area contributed by atoms with Crippen molar-refractivity contribution < 1.29 is 13.2 Å². The second kappa shape index (κ2) is 7.24. The first kappa shape index (κ1) is 19.0. The Morgan fingerprint density at radius 2 is 1.93 bits per heavy atom. The summed E-state index contributed by atoms with van der Waals surface area (Å²) >= 11 is 0. The molecule has 6 heteroatoms. The Kier molecular flexibility index (Phi) is 4.91. The molecule has 0 radical (unpaired) electrons. The maximum absolute atomic E-state index is 13.4. The minimum absolute atomic E-state index is 0.00446. The fraction of sp³-hybridized carbons (Fsp3) is 0.409. The van der Waals surface area contributed by atoms with Crippen LogP contribution in [-0.4, -0.2) is 33.2 Å². The molecule has 4 rings (SSSR count). The van der Waals surface area contributed by atoms with Gasteiger partial charge in [0.05, 0.1) is 17.1 Å². The fourth-order valence-electron chi connectivity index (χ4n) is 4.34. The molecule has 2 aliphatic heterocycles. The molecule has 0 unspecified atom stereocenters. The smallest absolute Gasteiger partial charge is 0.258 e. The lowest BCUT2D eigenvalue weighted by molar-refractivity contribution is 0.0984. The Morgan fingerprint density at radius 3 is 2.61 bits per heavy atom. The van der Waals surface area contributed by atoms with Crippen molar-refractivity contribution in [3.8, 4) is 0 Å². The number of amides is 1. The highest BCUT2D eigenvalue weighted by molar-refractivity contribution is 7.93. The van der Waals surface area contributed by atoms with E-state index >= 15 is 0 Å². The number of anilines is 2. The zero-order chi connectivity index (χ0) is 19.9. The number of carbonyl (C=O) groups is 1. The lowest BCUT2D eigenvalue weighted by atomic mass is 9.95. The van der Waals surface area contributed by atoms with E-state index in [4.69, 9.17) is 0 Å². The number of para-hydroxylation sites is 1. The van der Waals surface area contributed by atoms with E-state index in [1.807, 2.05) is 17.9 Å². The lowest BCUT2D eigenvalue weighted by Gasteiger charge is -2.32. The Hall–Kier alpha value is -2.34. The van der Waals surface area contributed by atoms with Gasteiger partial charge in [-0.05, 0) is 67.5 Å². The highest BCUT2D eigenvalue weighted by Crippen LogP contribution is 2.33. The first-order valence-corrected chi connectivity index (χ1v) is 11.6. The Balaban J connectivity index is 1.69. The van der Waals surface area contributed by atoms with Crippen LogP contribution < -0.4 is 9.21 Å². The molecule has 0 spiro atoms. The average Bonchev–Trinajstić information content (AvgIpc) is 3.05. The van der Waals surface area contributed by atoms with E-state index in [0.29, 0.717) is 30.8 Å². The third kappa shape index (κ3) is 3.20. The van der Waals surface area contributed by atoms with Crippen LogP contribution in [0.4, 0.5) is 11.4 Å². The maximum Gasteiger partial charge on any atom is 0.258 e. The molecule has 2 aliphatic rings. The molecule has 2 heterocycles. The molecule has 5 nitrogen and oxygen atoms in total. The summed E-state index contributed by atoms with van der Waals surface area (Å²) in [5.41, 5.74) is 5.59. The second-order valence-corrected chi connectivity index (χ2v) is 9.59. The summed E-state index contributed by atoms with van der Waals surface area (Å²) in [6.45, 7) is 5.22. The highest BCUT2D eigenvalue weighted by atomic mass is 32.2. The summed E-state index contributed by atoms with van der Waals surface area (Å²) in [5.74, 6) is 0.187. The minimum Gasteiger partial charge on any atom is -0.308 e. The fourth-order valence-corrected chi connectivity index (χ4v) is 5.89. The van der Waals surface area contributed by atoms with Crippen LogP contribution in [0.2, 0.25) is 0 Å². The van der Waals surface area contributed by atoms with Gasteiger partial charge in [0.1, 0.15) is 0 Å². The van der Waals surface area contributed by atoms with Gasteiger partial charge in [-0.2, -0.15) is 0 Å². The van der Waals surface area contributed by atoms with Crippen LogP contribution in [0.1, 0.15) is 46.8 Å². The predicted octanol–water partition coefficient (Wildman–Crippen LogP) is 3.69. The van der Waals surface area contributed by atoms with Gasteiger partial charge in [-0.3, -0.25) is 9.10 Å². The third-order valence-corrected chi connectivity index (χ3v) is 7.62. The van der Waals surface area contributed by atoms with Crippen LogP contribution in [0.25, 0.3) is 0 Å². The van der Waals surface area contributed by atoms with Crippen molar-refractivity contribution in [3.63, 3.8) is 0 Å². The van der Waals surface area contributed by atoms with Crippen LogP contribution in [0, 0.1) is 6.92 Å². The second-order valence-electron chi connectivity index (χ2n) is 7.58. The van der Waals surface area contributed by atoms with E-state index < -0.39 is 10.0 Å². The molecular formula is C22H26N2O3S. The van der Waals surface area contributed by atoms with Crippen molar-refractivity contribution >= 4 is 27.3 Å². The monoisotopic (exact) mass is 398 g/mol. The van der Waals surface area contributed by atoms with Crippen molar-refractivity contribution in [2.24, 2.45) is 0 Å². The number of hydrogen-bond donors (Lipinski definition) is 0. The van der Waals surface area contributed by atoms with Crippen molar-refractivity contribution in [2.45, 2.75) is 39.5 Å². The summed E-state index contributed by atoms with van der Waals surface area (Å²) in [4.78, 5) is 15.3. The standard InChI is InChI=1S/C22H26N2O3S/c1-3-17-7-4-8-18-9-5-12-23(21(17)18)22(25)20-11-10-19(15-16(20)2)24-13-6-14-28(24,26)27/h4,7-8,10-11,15H,3,5-6,9,12-14H2,1-2H3. The molecule has 28 heavy (non-hydrogen) atoms. The topological polar surface area (TPSA) is 57.7 Å². The molecule has 2 aromatic rings. The SMILES string of the molecule is CCc1cccc2c1N(C(=O)c1ccc(N3CCCS3(=O)=O)cc1C)CCC2. The molecule has 0 aliphatic carbocycles. The van der Waals surface area contributed by atoms with E-state index in [2.05, 4.69) is 25.1 Å². The molecule has 0 atom stereocenters. The third-order valence-electron chi connectivity index (χ3n) is 5.75. The Bertz CT molecular complexity index is 1020. The van der Waals surface area contributed by atoms with Crippen LogP contribution in [0.5, 0.6) is 0 Å². The van der Waals surface area contributed by atoms with Crippen LogP contribution in [-0.2, 0) is 22.9 Å². The van der Waals surface area contributed by atoms with Crippen molar-refractivity contribution in [1.29, 1.82) is 0 Å². The van der Waals surface area contributed by atoms with Crippen LogP contribution >= 0.6 is 0 Å². The summed E-state index contributed by atoms with van der Waals surface area (Å²) in [7, 11) is -3.22. The van der Waals surface area contributed by atoms with Gasteiger partial charge in [0, 0.05) is 18.7 Å². The zero-order valence-electron chi connectivity index (χ0n) is 16.4. The Labute approximate surface area is 167 Å². The number of hydrogen-bond acceptors (Lipinski definition) is 3. The molecular weight excluding hydrogens is 372 g/mol. The number of aryl methyl sites for hydroxylation is 3. The van der Waals surface area contributed by atoms with Crippen LogP contribution in [0.3, 0.4) is 0 Å². The van der Waals surface area contributed by atoms with Gasteiger partial charge in [-0.25, -0.2) is 8.42 Å². The molecule has 0 bridgehead atoms. The number of rotatable bonds is 3. The summed E-state index contributed by atoms with van der Waals surface area (Å²) in [6.07, 6.45) is 3.48. The van der Waals surface area contributed by atoms with E-state index in [-0.39, 0.29) is 11.7 Å². The van der Waals surface area contributed by atoms with E-state index in [9.17, 15) is 13.2 Å². The summed E-state index contributed by atoms with van der Waals surface area (Å²) < 4.78 is 25.9. The predicted molar refractivity (Wildman–Crippen MR) is 113 cm³/mol. The van der Waals surface area contributed by atoms with Gasteiger partial charge in [-0.1, -0.05) is 25.1 Å². The molecule has 0 aromatic heterocycles. The molecule has 1 saturated heterocycles. The quantitative estimate of drug-likeness (QED) is 0.792. The highest BCUT2D eigenvalue weighted by Gasteiger charge is 2.30. The number of fused-ring (bicyclic) bond motifs is 1. The summed E-state index contributed by atoms with van der Waals surface area (Å²) in [6, 6.07) is 11.7. The van der Waals surface area contributed by atoms with Gasteiger partial charge in [0.15, 0.2) is 0 Å². The van der Waals surface area contributed by atoms with Crippen LogP contribution in [0.15, 0.2) is 36.4 Å². The number of sulfonamides is 1. The minimum atomic E-state index is -3.22. The maximum atomic E-state index is 13.4. The lowest BCUT2D eigenvalue weighted by Crippen LogP contribution is -2.36. The zero-order valence-corrected chi connectivity index (χ0v) is 17.3. The van der Waals surface area contributed by atoms with E-state index in [1.54, 1.807) is 12.1 Å². The van der Waals surface area contributed by atoms with Crippen molar-refractivity contribution in [2.75, 3.05) is 28.0 Å². The van der Waals surface area contributed by atoms with Gasteiger partial charge in [0.25, 0.3) is 5.91 Å². The van der Waals surface area contributed by atoms with Gasteiger partial charge in [0.2, 0.25) is 10.0 Å². The molecule has 1 fully saturated rings. The van der Waals surface area contributed by atoms with E-state index in [1.165, 1.54) is 15.4 Å². The average molecular weight is 399 g/mol. The van der Waals surface area contributed by atoms with Crippen molar-refractivity contribution in [3.05, 3.63) is 58.7 Å². The molecule has 148 valence electrons. The largest absolute Gasteiger partial charge is 0.308 e. The summed E-state index contributed by atoms with van der Waals surface area (Å²) in [5, 5.41) is 0. The number of benzene rings is 2. The number of nitrogens with zero attached hydrogens (tertiary/aromatic N) is 2. The molecule has 1 amide bonds. The molecule has 0 N–H and O–H groups in total. The first-order valence-electron chi connectivity index (χ1n) is 9.96. The number of carbonyl (C=O) groups excluding carboxylic acids is 1. The van der Waals surface area contributed by atoms with E-state index in [0.717, 1.165) is 30.5 Å².